The Morgan fingerprint density at radius 3 is 1.96 bits per heavy atom. The van der Waals surface area contributed by atoms with E-state index in [1.807, 2.05) is 42.6 Å². The van der Waals surface area contributed by atoms with E-state index in [1.54, 1.807) is 40.3 Å². The number of rotatable bonds is 7. The summed E-state index contributed by atoms with van der Waals surface area (Å²) in [6.07, 6.45) is 2.53. The molecule has 3 aromatic rings. The summed E-state index contributed by atoms with van der Waals surface area (Å²) in [6, 6.07) is 11.8. The molecule has 0 saturated heterocycles. The van der Waals surface area contributed by atoms with Gasteiger partial charge in [0.2, 0.25) is 11.9 Å². The number of fused-ring (bicyclic) bond motifs is 1. The minimum Gasteiger partial charge on any atom is -0.493 e. The highest BCUT2D eigenvalue weighted by Gasteiger charge is 2.20. The lowest BCUT2D eigenvalue weighted by molar-refractivity contribution is -0.889. The molecule has 0 bridgehead atoms. The summed E-state index contributed by atoms with van der Waals surface area (Å²) in [5, 5.41) is 2.06. The summed E-state index contributed by atoms with van der Waals surface area (Å²) in [5.74, 6) is 2.76. The van der Waals surface area contributed by atoms with Crippen molar-refractivity contribution >= 4 is 10.8 Å². The fraction of sp³-hybridized carbons (Fsp3) is 0.286. The standard InChI is InChI=1S/C21H24NO5/c1-23-18-7-6-14(11-19(18)24-2)10-17-16-13-21(26-4)20(25-3)12-15(16)8-9-22(17)27-5/h6-9,11-13H,10H2,1-5H3/q+1. The van der Waals surface area contributed by atoms with Crippen LogP contribution in [-0.2, 0) is 6.42 Å². The van der Waals surface area contributed by atoms with Gasteiger partial charge in [0, 0.05) is 10.8 Å². The number of aromatic nitrogens is 1. The van der Waals surface area contributed by atoms with Crippen molar-refractivity contribution in [3.8, 4) is 23.0 Å². The Kier molecular flexibility index (Phi) is 5.54. The molecule has 1 heterocycles. The molecule has 2 aromatic carbocycles. The van der Waals surface area contributed by atoms with Crippen LogP contribution in [0.4, 0.5) is 0 Å². The molecule has 0 unspecified atom stereocenters. The number of nitrogens with zero attached hydrogens (tertiary/aromatic N) is 1. The van der Waals surface area contributed by atoms with Gasteiger partial charge in [0.1, 0.15) is 7.11 Å². The van der Waals surface area contributed by atoms with E-state index in [0.29, 0.717) is 29.4 Å². The minimum absolute atomic E-state index is 0.640. The summed E-state index contributed by atoms with van der Waals surface area (Å²) < 4.78 is 23.4. The fourth-order valence-electron chi connectivity index (χ4n) is 3.17. The maximum atomic E-state index is 5.55. The molecule has 0 fully saturated rings. The minimum atomic E-state index is 0.640. The van der Waals surface area contributed by atoms with Crippen molar-refractivity contribution in [1.29, 1.82) is 0 Å². The third kappa shape index (κ3) is 3.56. The number of ether oxygens (including phenoxy) is 4. The first-order valence-corrected chi connectivity index (χ1v) is 8.49. The van der Waals surface area contributed by atoms with Gasteiger partial charge in [-0.15, -0.1) is 0 Å². The SMILES string of the molecule is COc1ccc(Cc2c3cc(OC)c(OC)cc3cc[n+]2OC)cc1OC. The molecule has 0 aliphatic rings. The van der Waals surface area contributed by atoms with Gasteiger partial charge in [-0.2, -0.15) is 0 Å². The van der Waals surface area contributed by atoms with Crippen LogP contribution in [0.3, 0.4) is 0 Å². The van der Waals surface area contributed by atoms with Gasteiger partial charge < -0.3 is 18.9 Å². The first-order valence-electron chi connectivity index (χ1n) is 8.49. The highest BCUT2D eigenvalue weighted by Crippen LogP contribution is 2.34. The van der Waals surface area contributed by atoms with Crippen molar-refractivity contribution in [2.75, 3.05) is 35.5 Å². The zero-order valence-corrected chi connectivity index (χ0v) is 16.2. The van der Waals surface area contributed by atoms with E-state index in [1.165, 1.54) is 0 Å². The molecular formula is C21H24NO5+. The van der Waals surface area contributed by atoms with Crippen LogP contribution < -0.4 is 28.5 Å². The van der Waals surface area contributed by atoms with Crippen LogP contribution in [0.5, 0.6) is 23.0 Å². The van der Waals surface area contributed by atoms with E-state index in [2.05, 4.69) is 0 Å². The molecule has 0 radical (unpaired) electrons. The highest BCUT2D eigenvalue weighted by molar-refractivity contribution is 5.87. The molecular weight excluding hydrogens is 346 g/mol. The van der Waals surface area contributed by atoms with E-state index in [4.69, 9.17) is 23.8 Å². The quantitative estimate of drug-likeness (QED) is 0.599. The Bertz CT molecular complexity index is 955. The fourth-order valence-corrected chi connectivity index (χ4v) is 3.17. The summed E-state index contributed by atoms with van der Waals surface area (Å²) >= 11 is 0. The molecule has 142 valence electrons. The van der Waals surface area contributed by atoms with Crippen molar-refractivity contribution in [2.45, 2.75) is 6.42 Å². The number of benzene rings is 2. The summed E-state index contributed by atoms with van der Waals surface area (Å²) in [5.41, 5.74) is 2.06. The van der Waals surface area contributed by atoms with E-state index < -0.39 is 0 Å². The Hall–Kier alpha value is -3.15. The molecule has 1 aromatic heterocycles. The van der Waals surface area contributed by atoms with Crippen LogP contribution in [0.15, 0.2) is 42.6 Å². The lowest BCUT2D eigenvalue weighted by atomic mass is 10.0. The van der Waals surface area contributed by atoms with Gasteiger partial charge in [-0.25, -0.2) is 0 Å². The van der Waals surface area contributed by atoms with E-state index in [0.717, 1.165) is 22.0 Å². The molecule has 0 N–H and O–H groups in total. The summed E-state index contributed by atoms with van der Waals surface area (Å²) in [7, 11) is 8.16. The molecule has 6 nitrogen and oxygen atoms in total. The van der Waals surface area contributed by atoms with E-state index in [9.17, 15) is 0 Å². The van der Waals surface area contributed by atoms with Crippen molar-refractivity contribution in [3.63, 3.8) is 0 Å². The number of pyridine rings is 1. The van der Waals surface area contributed by atoms with Gasteiger partial charge in [-0.3, -0.25) is 4.84 Å². The molecule has 3 rings (SSSR count). The molecule has 0 amide bonds. The van der Waals surface area contributed by atoms with Crippen molar-refractivity contribution in [1.82, 2.24) is 0 Å². The number of hydrogen-bond acceptors (Lipinski definition) is 5. The smallest absolute Gasteiger partial charge is 0.246 e. The van der Waals surface area contributed by atoms with E-state index >= 15 is 0 Å². The van der Waals surface area contributed by atoms with Gasteiger partial charge in [0.25, 0.3) is 0 Å². The second-order valence-corrected chi connectivity index (χ2v) is 5.93. The second kappa shape index (κ2) is 8.03. The number of methoxy groups -OCH3 is 4. The van der Waals surface area contributed by atoms with Gasteiger partial charge in [-0.1, -0.05) is 6.07 Å². The average Bonchev–Trinajstić information content (AvgIpc) is 2.72. The van der Waals surface area contributed by atoms with Crippen LogP contribution in [0, 0.1) is 0 Å². The highest BCUT2D eigenvalue weighted by atomic mass is 16.6. The summed E-state index contributed by atoms with van der Waals surface area (Å²) in [4.78, 5) is 5.55. The van der Waals surface area contributed by atoms with Crippen molar-refractivity contribution in [3.05, 3.63) is 53.9 Å². The van der Waals surface area contributed by atoms with Crippen LogP contribution in [-0.4, -0.2) is 35.5 Å². The normalized spacial score (nSPS) is 10.6. The largest absolute Gasteiger partial charge is 0.493 e. The lowest BCUT2D eigenvalue weighted by Crippen LogP contribution is -2.44. The first-order chi connectivity index (χ1) is 13.1. The molecule has 0 atom stereocenters. The second-order valence-electron chi connectivity index (χ2n) is 5.93. The maximum absolute atomic E-state index is 5.55. The van der Waals surface area contributed by atoms with Crippen molar-refractivity contribution < 1.29 is 28.5 Å². The molecule has 6 heteroatoms. The maximum Gasteiger partial charge on any atom is 0.246 e. The Morgan fingerprint density at radius 1 is 0.704 bits per heavy atom. The van der Waals surface area contributed by atoms with Gasteiger partial charge in [-0.05, 0) is 35.2 Å². The number of hydrogen-bond donors (Lipinski definition) is 0. The zero-order valence-electron chi connectivity index (χ0n) is 16.2. The third-order valence-electron chi connectivity index (χ3n) is 4.54. The average molecular weight is 370 g/mol. The Morgan fingerprint density at radius 2 is 1.33 bits per heavy atom. The van der Waals surface area contributed by atoms with Crippen LogP contribution >= 0.6 is 0 Å². The first kappa shape index (κ1) is 18.6. The monoisotopic (exact) mass is 370 g/mol. The Labute approximate surface area is 158 Å². The topological polar surface area (TPSA) is 50.0 Å². The van der Waals surface area contributed by atoms with Crippen LogP contribution in [0.2, 0.25) is 0 Å². The van der Waals surface area contributed by atoms with Crippen LogP contribution in [0.1, 0.15) is 11.3 Å². The molecule has 0 aliphatic carbocycles. The van der Waals surface area contributed by atoms with Gasteiger partial charge in [0.05, 0.1) is 40.2 Å². The lowest BCUT2D eigenvalue weighted by Gasteiger charge is -2.12. The zero-order chi connectivity index (χ0) is 19.4. The molecule has 0 saturated carbocycles. The molecule has 0 spiro atoms. The molecule has 0 aliphatic heterocycles. The summed E-state index contributed by atoms with van der Waals surface area (Å²) in [6.45, 7) is 0. The van der Waals surface area contributed by atoms with Gasteiger partial charge in [0.15, 0.2) is 23.0 Å². The predicted molar refractivity (Wildman–Crippen MR) is 102 cm³/mol. The molecule has 27 heavy (non-hydrogen) atoms. The predicted octanol–water partition coefficient (Wildman–Crippen LogP) is 2.81. The van der Waals surface area contributed by atoms with Gasteiger partial charge >= 0.3 is 0 Å². The van der Waals surface area contributed by atoms with Crippen molar-refractivity contribution in [2.24, 2.45) is 0 Å². The third-order valence-corrected chi connectivity index (χ3v) is 4.54. The van der Waals surface area contributed by atoms with E-state index in [-0.39, 0.29) is 0 Å². The van der Waals surface area contributed by atoms with Crippen LogP contribution in [0.25, 0.3) is 10.8 Å². The Balaban J connectivity index is 2.14.